The first-order chi connectivity index (χ1) is 14.9. The third kappa shape index (κ3) is 14.0. The number of nitrogens with one attached hydrogen (secondary N) is 1. The van der Waals surface area contributed by atoms with Gasteiger partial charge in [-0.2, -0.15) is 0 Å². The Morgan fingerprint density at radius 2 is 1.58 bits per heavy atom. The van der Waals surface area contributed by atoms with Crippen LogP contribution in [0.5, 0.6) is 0 Å². The Bertz CT molecular complexity index is 586. The van der Waals surface area contributed by atoms with E-state index in [1.54, 1.807) is 10.9 Å². The third-order valence-electron chi connectivity index (χ3n) is 3.56. The standard InChI is InChI=1S/C20H38N4O7/c1-6-29-18(30-7-2)17-16-24(23-22-17)9-11-27-13-15-28-14-12-26-10-8-21-19(25)31-20(3,4)5/h16,18H,6-15H2,1-5H3,(H,21,25). The molecular weight excluding hydrogens is 408 g/mol. The Kier molecular flexibility index (Phi) is 14.0. The number of hydrogen-bond donors (Lipinski definition) is 1. The van der Waals surface area contributed by atoms with Crippen LogP contribution in [0.3, 0.4) is 0 Å². The van der Waals surface area contributed by atoms with Crippen LogP contribution in [0.2, 0.25) is 0 Å². The Morgan fingerprint density at radius 3 is 2.16 bits per heavy atom. The minimum atomic E-state index is -0.505. The van der Waals surface area contributed by atoms with Crippen molar-refractivity contribution >= 4 is 6.09 Å². The van der Waals surface area contributed by atoms with E-state index in [2.05, 4.69) is 15.6 Å². The quantitative estimate of drug-likeness (QED) is 0.283. The molecule has 11 nitrogen and oxygen atoms in total. The molecule has 0 aliphatic carbocycles. The molecule has 31 heavy (non-hydrogen) atoms. The lowest BCUT2D eigenvalue weighted by Gasteiger charge is -2.19. The number of carbonyl (C=O) groups excluding carboxylic acids is 1. The highest BCUT2D eigenvalue weighted by Gasteiger charge is 2.16. The van der Waals surface area contributed by atoms with Crippen LogP contribution in [0.1, 0.15) is 46.6 Å². The molecule has 0 bridgehead atoms. The number of aromatic nitrogens is 3. The summed E-state index contributed by atoms with van der Waals surface area (Å²) in [5.41, 5.74) is 0.142. The van der Waals surface area contributed by atoms with Gasteiger partial charge in [0.2, 0.25) is 6.29 Å². The molecule has 0 unspecified atom stereocenters. The van der Waals surface area contributed by atoms with Gasteiger partial charge in [-0.3, -0.25) is 0 Å². The molecule has 180 valence electrons. The number of amides is 1. The van der Waals surface area contributed by atoms with Crippen molar-refractivity contribution in [1.29, 1.82) is 0 Å². The number of alkyl carbamates (subject to hydrolysis) is 1. The molecule has 1 aromatic heterocycles. The van der Waals surface area contributed by atoms with E-state index in [9.17, 15) is 4.79 Å². The molecular formula is C20H38N4O7. The van der Waals surface area contributed by atoms with Gasteiger partial charge >= 0.3 is 6.09 Å². The fraction of sp³-hybridized carbons (Fsp3) is 0.850. The van der Waals surface area contributed by atoms with Gasteiger partial charge in [0.05, 0.1) is 52.4 Å². The van der Waals surface area contributed by atoms with Gasteiger partial charge in [0, 0.05) is 19.8 Å². The molecule has 0 aliphatic heterocycles. The van der Waals surface area contributed by atoms with Gasteiger partial charge in [-0.15, -0.1) is 5.10 Å². The molecule has 1 aromatic rings. The van der Waals surface area contributed by atoms with E-state index in [0.29, 0.717) is 71.6 Å². The first-order valence-corrected chi connectivity index (χ1v) is 10.7. The van der Waals surface area contributed by atoms with Crippen molar-refractivity contribution in [3.63, 3.8) is 0 Å². The van der Waals surface area contributed by atoms with Crippen LogP contribution < -0.4 is 5.32 Å². The maximum absolute atomic E-state index is 11.4. The average Bonchev–Trinajstić information content (AvgIpc) is 3.16. The van der Waals surface area contributed by atoms with Gasteiger partial charge in [-0.05, 0) is 34.6 Å². The lowest BCUT2D eigenvalue weighted by molar-refractivity contribution is -0.142. The zero-order valence-corrected chi connectivity index (χ0v) is 19.4. The monoisotopic (exact) mass is 446 g/mol. The highest BCUT2D eigenvalue weighted by atomic mass is 16.7. The van der Waals surface area contributed by atoms with Crippen molar-refractivity contribution in [3.05, 3.63) is 11.9 Å². The van der Waals surface area contributed by atoms with Crippen molar-refractivity contribution in [2.45, 2.75) is 53.1 Å². The normalized spacial score (nSPS) is 11.8. The molecule has 0 radical (unpaired) electrons. The number of carbonyl (C=O) groups is 1. The summed E-state index contributed by atoms with van der Waals surface area (Å²) < 4.78 is 34.2. The van der Waals surface area contributed by atoms with Gasteiger partial charge in [-0.25, -0.2) is 9.48 Å². The van der Waals surface area contributed by atoms with E-state index in [4.69, 9.17) is 28.4 Å². The number of nitrogens with zero attached hydrogens (tertiary/aromatic N) is 3. The predicted octanol–water partition coefficient (Wildman–Crippen LogP) is 1.92. The molecule has 0 fully saturated rings. The molecule has 1 heterocycles. The van der Waals surface area contributed by atoms with E-state index in [1.165, 1.54) is 0 Å². The third-order valence-corrected chi connectivity index (χ3v) is 3.56. The molecule has 1 N–H and O–H groups in total. The van der Waals surface area contributed by atoms with Crippen LogP contribution in [0.25, 0.3) is 0 Å². The molecule has 11 heteroatoms. The van der Waals surface area contributed by atoms with Gasteiger partial charge in [-0.1, -0.05) is 5.21 Å². The smallest absolute Gasteiger partial charge is 0.407 e. The summed E-state index contributed by atoms with van der Waals surface area (Å²) in [6, 6.07) is 0. The molecule has 0 aromatic carbocycles. The van der Waals surface area contributed by atoms with E-state index in [-0.39, 0.29) is 0 Å². The summed E-state index contributed by atoms with van der Waals surface area (Å²) in [6.45, 7) is 14.0. The van der Waals surface area contributed by atoms with Gasteiger partial charge in [0.1, 0.15) is 11.3 Å². The van der Waals surface area contributed by atoms with Crippen molar-refractivity contribution in [2.75, 3.05) is 59.4 Å². The van der Waals surface area contributed by atoms with Gasteiger partial charge < -0.3 is 33.7 Å². The Labute approximate surface area is 184 Å². The summed E-state index contributed by atoms with van der Waals surface area (Å²) >= 11 is 0. The van der Waals surface area contributed by atoms with E-state index >= 15 is 0 Å². The fourth-order valence-electron chi connectivity index (χ4n) is 2.29. The van der Waals surface area contributed by atoms with Crippen LogP contribution in [0.15, 0.2) is 6.20 Å². The summed E-state index contributed by atoms with van der Waals surface area (Å²) in [5.74, 6) is 0. The maximum Gasteiger partial charge on any atom is 0.407 e. The first-order valence-electron chi connectivity index (χ1n) is 10.7. The van der Waals surface area contributed by atoms with Crippen molar-refractivity contribution in [2.24, 2.45) is 0 Å². The Hall–Kier alpha value is -1.79. The highest BCUT2D eigenvalue weighted by Crippen LogP contribution is 2.15. The second-order valence-corrected chi connectivity index (χ2v) is 7.41. The van der Waals surface area contributed by atoms with E-state index < -0.39 is 18.0 Å². The van der Waals surface area contributed by atoms with Crippen molar-refractivity contribution in [1.82, 2.24) is 20.3 Å². The largest absolute Gasteiger partial charge is 0.444 e. The second-order valence-electron chi connectivity index (χ2n) is 7.41. The SMILES string of the molecule is CCOC(OCC)c1cn(CCOCCOCCOCCNC(=O)OC(C)(C)C)nn1. The van der Waals surface area contributed by atoms with Crippen LogP contribution in [-0.4, -0.2) is 86.1 Å². The number of rotatable bonds is 17. The van der Waals surface area contributed by atoms with Crippen LogP contribution >= 0.6 is 0 Å². The minimum absolute atomic E-state index is 0.387. The fourth-order valence-corrected chi connectivity index (χ4v) is 2.29. The zero-order chi connectivity index (χ0) is 23.0. The predicted molar refractivity (Wildman–Crippen MR) is 113 cm³/mol. The zero-order valence-electron chi connectivity index (χ0n) is 19.4. The van der Waals surface area contributed by atoms with Crippen LogP contribution in [0, 0.1) is 0 Å². The first kappa shape index (κ1) is 27.2. The summed E-state index contributed by atoms with van der Waals surface area (Å²) in [7, 11) is 0. The number of hydrogen-bond acceptors (Lipinski definition) is 9. The Balaban J connectivity index is 1.96. The molecule has 0 aliphatic rings. The molecule has 1 rings (SSSR count). The van der Waals surface area contributed by atoms with Gasteiger partial charge in [0.15, 0.2) is 0 Å². The van der Waals surface area contributed by atoms with Gasteiger partial charge in [0.25, 0.3) is 0 Å². The highest BCUT2D eigenvalue weighted by molar-refractivity contribution is 5.67. The van der Waals surface area contributed by atoms with E-state index in [1.807, 2.05) is 34.6 Å². The van der Waals surface area contributed by atoms with Crippen molar-refractivity contribution in [3.8, 4) is 0 Å². The molecule has 1 amide bonds. The second kappa shape index (κ2) is 15.9. The topological polar surface area (TPSA) is 115 Å². The maximum atomic E-state index is 11.4. The summed E-state index contributed by atoms with van der Waals surface area (Å²) in [6.07, 6.45) is 0.855. The lowest BCUT2D eigenvalue weighted by atomic mass is 10.2. The molecule has 0 atom stereocenters. The number of ether oxygens (including phenoxy) is 6. The summed E-state index contributed by atoms with van der Waals surface area (Å²) in [5, 5.41) is 10.8. The minimum Gasteiger partial charge on any atom is -0.444 e. The summed E-state index contributed by atoms with van der Waals surface area (Å²) in [4.78, 5) is 11.4. The van der Waals surface area contributed by atoms with Crippen LogP contribution in [-0.2, 0) is 35.0 Å². The molecule has 0 spiro atoms. The Morgan fingerprint density at radius 1 is 1.00 bits per heavy atom. The average molecular weight is 447 g/mol. The van der Waals surface area contributed by atoms with Crippen molar-refractivity contribution < 1.29 is 33.2 Å². The molecule has 0 saturated heterocycles. The lowest BCUT2D eigenvalue weighted by Crippen LogP contribution is -2.34. The molecule has 0 saturated carbocycles. The van der Waals surface area contributed by atoms with Crippen LogP contribution in [0.4, 0.5) is 4.79 Å². The van der Waals surface area contributed by atoms with E-state index in [0.717, 1.165) is 0 Å².